The van der Waals surface area contributed by atoms with E-state index in [1.54, 1.807) is 12.3 Å². The van der Waals surface area contributed by atoms with Crippen LogP contribution in [0.2, 0.25) is 0 Å². The zero-order valence-corrected chi connectivity index (χ0v) is 14.2. The van der Waals surface area contributed by atoms with Gasteiger partial charge in [-0.2, -0.15) is 0 Å². The highest BCUT2D eigenvalue weighted by atomic mass is 16.6. The molecule has 0 saturated carbocycles. The monoisotopic (exact) mass is 313 g/mol. The lowest BCUT2D eigenvalue weighted by atomic mass is 10.1. The number of carbonyl (C=O) groups excluding carboxylic acids is 1. The summed E-state index contributed by atoms with van der Waals surface area (Å²) >= 11 is 0. The Bertz CT molecular complexity index is 688. The average Bonchev–Trinajstić information content (AvgIpc) is 2.44. The molecule has 1 aromatic heterocycles. The number of rotatable bonds is 3. The molecule has 5 nitrogen and oxygen atoms in total. The quantitative estimate of drug-likeness (QED) is 0.855. The van der Waals surface area contributed by atoms with Crippen molar-refractivity contribution in [2.24, 2.45) is 0 Å². The zero-order chi connectivity index (χ0) is 17.0. The van der Waals surface area contributed by atoms with Gasteiger partial charge in [-0.3, -0.25) is 5.32 Å². The van der Waals surface area contributed by atoms with Crippen LogP contribution in [-0.2, 0) is 4.74 Å². The number of benzene rings is 1. The Balaban J connectivity index is 2.02. The van der Waals surface area contributed by atoms with E-state index in [4.69, 9.17) is 4.74 Å². The van der Waals surface area contributed by atoms with Gasteiger partial charge in [-0.05, 0) is 63.9 Å². The Labute approximate surface area is 137 Å². The SMILES string of the molecule is Cc1cccc(Nc2ccc(NC(=O)OC(C)(C)C)cn2)c1C. The number of hydrogen-bond acceptors (Lipinski definition) is 4. The minimum Gasteiger partial charge on any atom is -0.444 e. The van der Waals surface area contributed by atoms with Crippen LogP contribution in [0.3, 0.4) is 0 Å². The molecule has 2 aromatic rings. The first-order chi connectivity index (χ1) is 10.7. The molecule has 0 fully saturated rings. The summed E-state index contributed by atoms with van der Waals surface area (Å²) in [5.41, 5.74) is 3.49. The largest absolute Gasteiger partial charge is 0.444 e. The summed E-state index contributed by atoms with van der Waals surface area (Å²) in [6.07, 6.45) is 1.10. The predicted molar refractivity (Wildman–Crippen MR) is 93.3 cm³/mol. The van der Waals surface area contributed by atoms with Crippen LogP contribution < -0.4 is 10.6 Å². The van der Waals surface area contributed by atoms with Crippen molar-refractivity contribution in [1.29, 1.82) is 0 Å². The molecule has 0 aliphatic heterocycles. The molecule has 2 N–H and O–H groups in total. The Kier molecular flexibility index (Phi) is 4.89. The van der Waals surface area contributed by atoms with Crippen molar-refractivity contribution in [2.75, 3.05) is 10.6 Å². The topological polar surface area (TPSA) is 63.2 Å². The minimum atomic E-state index is -0.526. The zero-order valence-electron chi connectivity index (χ0n) is 14.2. The Morgan fingerprint density at radius 2 is 1.87 bits per heavy atom. The van der Waals surface area contributed by atoms with Gasteiger partial charge >= 0.3 is 6.09 Å². The van der Waals surface area contributed by atoms with Gasteiger partial charge < -0.3 is 10.1 Å². The number of aromatic nitrogens is 1. The summed E-state index contributed by atoms with van der Waals surface area (Å²) in [5.74, 6) is 0.716. The highest BCUT2D eigenvalue weighted by Gasteiger charge is 2.16. The molecule has 5 heteroatoms. The fraction of sp³-hybridized carbons (Fsp3) is 0.333. The fourth-order valence-corrected chi connectivity index (χ4v) is 1.99. The van der Waals surface area contributed by atoms with Gasteiger partial charge in [0.1, 0.15) is 11.4 Å². The first-order valence-electron chi connectivity index (χ1n) is 7.54. The number of nitrogens with one attached hydrogen (secondary N) is 2. The third kappa shape index (κ3) is 4.98. The molecule has 122 valence electrons. The number of pyridine rings is 1. The number of carbonyl (C=O) groups is 1. The predicted octanol–water partition coefficient (Wildman–Crippen LogP) is 4.79. The lowest BCUT2D eigenvalue weighted by molar-refractivity contribution is 0.0636. The summed E-state index contributed by atoms with van der Waals surface area (Å²) in [6, 6.07) is 9.68. The molecule has 23 heavy (non-hydrogen) atoms. The molecular weight excluding hydrogens is 290 g/mol. The van der Waals surface area contributed by atoms with Gasteiger partial charge in [0, 0.05) is 5.69 Å². The van der Waals surface area contributed by atoms with Gasteiger partial charge in [-0.15, -0.1) is 0 Å². The first-order valence-corrected chi connectivity index (χ1v) is 7.54. The van der Waals surface area contributed by atoms with Gasteiger partial charge in [0.2, 0.25) is 0 Å². The first kappa shape index (κ1) is 16.8. The van der Waals surface area contributed by atoms with E-state index in [2.05, 4.69) is 35.5 Å². The van der Waals surface area contributed by atoms with Crippen LogP contribution in [0.4, 0.5) is 22.0 Å². The van der Waals surface area contributed by atoms with Crippen LogP contribution in [0, 0.1) is 13.8 Å². The highest BCUT2D eigenvalue weighted by Crippen LogP contribution is 2.22. The number of aryl methyl sites for hydroxylation is 1. The van der Waals surface area contributed by atoms with E-state index in [-0.39, 0.29) is 0 Å². The summed E-state index contributed by atoms with van der Waals surface area (Å²) in [4.78, 5) is 16.0. The van der Waals surface area contributed by atoms with E-state index in [9.17, 15) is 4.79 Å². The van der Waals surface area contributed by atoms with Crippen LogP contribution in [0.25, 0.3) is 0 Å². The van der Waals surface area contributed by atoms with E-state index < -0.39 is 11.7 Å². The lowest BCUT2D eigenvalue weighted by Gasteiger charge is -2.19. The van der Waals surface area contributed by atoms with Crippen molar-refractivity contribution < 1.29 is 9.53 Å². The van der Waals surface area contributed by atoms with Gasteiger partial charge in [-0.25, -0.2) is 9.78 Å². The molecule has 0 atom stereocenters. The number of ether oxygens (including phenoxy) is 1. The molecule has 0 saturated heterocycles. The second-order valence-electron chi connectivity index (χ2n) is 6.43. The van der Waals surface area contributed by atoms with Gasteiger partial charge in [-0.1, -0.05) is 12.1 Å². The molecule has 0 radical (unpaired) electrons. The molecule has 0 spiro atoms. The van der Waals surface area contributed by atoms with Crippen molar-refractivity contribution in [3.05, 3.63) is 47.7 Å². The van der Waals surface area contributed by atoms with Crippen molar-refractivity contribution in [3.8, 4) is 0 Å². The molecular formula is C18H23N3O2. The molecule has 0 aliphatic carbocycles. The normalized spacial score (nSPS) is 11.0. The van der Waals surface area contributed by atoms with Crippen LogP contribution in [0.15, 0.2) is 36.5 Å². The maximum absolute atomic E-state index is 11.7. The van der Waals surface area contributed by atoms with Crippen LogP contribution >= 0.6 is 0 Å². The second kappa shape index (κ2) is 6.69. The Morgan fingerprint density at radius 1 is 1.13 bits per heavy atom. The maximum Gasteiger partial charge on any atom is 0.412 e. The Hall–Kier alpha value is -2.56. The number of amides is 1. The lowest BCUT2D eigenvalue weighted by Crippen LogP contribution is -2.27. The summed E-state index contributed by atoms with van der Waals surface area (Å²) in [7, 11) is 0. The van der Waals surface area contributed by atoms with E-state index in [1.807, 2.05) is 39.0 Å². The Morgan fingerprint density at radius 3 is 2.48 bits per heavy atom. The molecule has 1 amide bonds. The smallest absolute Gasteiger partial charge is 0.412 e. The highest BCUT2D eigenvalue weighted by molar-refractivity contribution is 5.84. The minimum absolute atomic E-state index is 0.491. The van der Waals surface area contributed by atoms with Gasteiger partial charge in [0.25, 0.3) is 0 Å². The van der Waals surface area contributed by atoms with Crippen LogP contribution in [-0.4, -0.2) is 16.7 Å². The number of nitrogens with zero attached hydrogens (tertiary/aromatic N) is 1. The third-order valence-electron chi connectivity index (χ3n) is 3.28. The standard InChI is InChI=1S/C18H23N3O2/c1-12-7-6-8-15(13(12)2)21-16-10-9-14(11-19-16)20-17(22)23-18(3,4)5/h6-11H,1-5H3,(H,19,21)(H,20,22). The number of hydrogen-bond donors (Lipinski definition) is 2. The summed E-state index contributed by atoms with van der Waals surface area (Å²) in [6.45, 7) is 9.60. The van der Waals surface area contributed by atoms with Gasteiger partial charge in [0.05, 0.1) is 11.9 Å². The van der Waals surface area contributed by atoms with Crippen LogP contribution in [0.1, 0.15) is 31.9 Å². The summed E-state index contributed by atoms with van der Waals surface area (Å²) < 4.78 is 5.20. The van der Waals surface area contributed by atoms with Crippen molar-refractivity contribution in [1.82, 2.24) is 4.98 Å². The molecule has 1 aromatic carbocycles. The second-order valence-corrected chi connectivity index (χ2v) is 6.43. The van der Waals surface area contributed by atoms with Gasteiger partial charge in [0.15, 0.2) is 0 Å². The van der Waals surface area contributed by atoms with Crippen molar-refractivity contribution >= 4 is 23.3 Å². The third-order valence-corrected chi connectivity index (χ3v) is 3.28. The van der Waals surface area contributed by atoms with Crippen molar-refractivity contribution in [2.45, 2.75) is 40.2 Å². The van der Waals surface area contributed by atoms with Crippen molar-refractivity contribution in [3.63, 3.8) is 0 Å². The van der Waals surface area contributed by atoms with E-state index in [1.165, 1.54) is 11.1 Å². The summed E-state index contributed by atoms with van der Waals surface area (Å²) in [5, 5.41) is 5.94. The van der Waals surface area contributed by atoms with E-state index >= 15 is 0 Å². The average molecular weight is 313 g/mol. The van der Waals surface area contributed by atoms with Crippen LogP contribution in [0.5, 0.6) is 0 Å². The molecule has 2 rings (SSSR count). The molecule has 1 heterocycles. The van der Waals surface area contributed by atoms with E-state index in [0.717, 1.165) is 5.69 Å². The molecule has 0 aliphatic rings. The fourth-order valence-electron chi connectivity index (χ4n) is 1.99. The number of anilines is 3. The van der Waals surface area contributed by atoms with E-state index in [0.29, 0.717) is 11.5 Å². The molecule has 0 bridgehead atoms. The molecule has 0 unspecified atom stereocenters. The maximum atomic E-state index is 11.7.